The average molecular weight is 518 g/mol. The fourth-order valence-electron chi connectivity index (χ4n) is 8.46. The smallest absolute Gasteiger partial charge is 0.282 e. The lowest BCUT2D eigenvalue weighted by molar-refractivity contribution is -0.385. The van der Waals surface area contributed by atoms with Crippen molar-refractivity contribution in [2.24, 2.45) is 5.92 Å². The molecule has 2 aromatic rings. The Morgan fingerprint density at radius 3 is 2.68 bits per heavy atom. The van der Waals surface area contributed by atoms with Crippen LogP contribution in [0.5, 0.6) is 11.5 Å². The summed E-state index contributed by atoms with van der Waals surface area (Å²) in [5.74, 6) is -0.319. The number of nitro benzene ring substituents is 1. The molecule has 6 aliphatic rings. The zero-order chi connectivity index (χ0) is 26.1. The maximum Gasteiger partial charge on any atom is 0.282 e. The Balaban J connectivity index is 1.26. The van der Waals surface area contributed by atoms with Crippen LogP contribution in [-0.2, 0) is 11.8 Å². The maximum atomic E-state index is 13.7. The molecule has 2 amide bonds. The van der Waals surface area contributed by atoms with Crippen molar-refractivity contribution in [1.29, 1.82) is 0 Å². The number of piperidine rings is 1. The topological polar surface area (TPSA) is 133 Å². The van der Waals surface area contributed by atoms with Crippen molar-refractivity contribution in [3.63, 3.8) is 0 Å². The highest BCUT2D eigenvalue weighted by atomic mass is 16.6. The zero-order valence-electron chi connectivity index (χ0n) is 20.6. The lowest BCUT2D eigenvalue weighted by atomic mass is 9.48. The predicted octanol–water partition coefficient (Wildman–Crippen LogP) is 2.53. The van der Waals surface area contributed by atoms with Gasteiger partial charge in [-0.3, -0.25) is 29.5 Å². The van der Waals surface area contributed by atoms with Gasteiger partial charge < -0.3 is 14.9 Å². The number of ether oxygens (including phenoxy) is 1. The van der Waals surface area contributed by atoms with Crippen molar-refractivity contribution in [3.05, 3.63) is 62.7 Å². The number of phenolic OH excluding ortho intramolecular Hbond substituents is 1. The number of fused-ring (bicyclic) bond motifs is 1. The van der Waals surface area contributed by atoms with Gasteiger partial charge in [-0.25, -0.2) is 0 Å². The molecule has 2 bridgehead atoms. The molecule has 196 valence electrons. The Bertz CT molecular complexity index is 1470. The van der Waals surface area contributed by atoms with Gasteiger partial charge in [-0.2, -0.15) is 0 Å². The molecule has 10 heteroatoms. The number of rotatable bonds is 4. The number of aliphatic hydroxyl groups is 1. The van der Waals surface area contributed by atoms with Crippen LogP contribution in [0.2, 0.25) is 0 Å². The number of carbonyl (C=O) groups is 2. The van der Waals surface area contributed by atoms with Gasteiger partial charge in [0.2, 0.25) is 0 Å². The summed E-state index contributed by atoms with van der Waals surface area (Å²) in [5.41, 5.74) is -0.797. The zero-order valence-corrected chi connectivity index (χ0v) is 20.6. The fraction of sp³-hybridized carbons (Fsp3) is 0.500. The molecule has 1 saturated heterocycles. The first kappa shape index (κ1) is 22.5. The molecule has 3 aliphatic carbocycles. The minimum Gasteiger partial charge on any atom is -0.504 e. The number of carbonyl (C=O) groups excluding carboxylic acids is 2. The molecule has 1 spiro atoms. The molecule has 0 aromatic heterocycles. The first-order chi connectivity index (χ1) is 18.3. The SMILES string of the molecule is O=C1c2cccc([N+](=O)[O-])c2C(=O)N1C1CC[C@@]2(O)[C@H]3Cc4ccc(O)c5c4[C@@]2(CCN3CC2CC2)C1O5. The number of benzene rings is 2. The van der Waals surface area contributed by atoms with Gasteiger partial charge in [-0.1, -0.05) is 12.1 Å². The molecule has 2 saturated carbocycles. The van der Waals surface area contributed by atoms with E-state index >= 15 is 0 Å². The number of nitro groups is 1. The van der Waals surface area contributed by atoms with Gasteiger partial charge in [0.1, 0.15) is 11.7 Å². The number of phenols is 1. The predicted molar refractivity (Wildman–Crippen MR) is 132 cm³/mol. The van der Waals surface area contributed by atoms with Gasteiger partial charge in [0.15, 0.2) is 11.5 Å². The molecule has 0 radical (unpaired) electrons. The third-order valence-corrected chi connectivity index (χ3v) is 10.2. The third-order valence-electron chi connectivity index (χ3n) is 10.2. The molecule has 3 aliphatic heterocycles. The Hall–Kier alpha value is -3.50. The summed E-state index contributed by atoms with van der Waals surface area (Å²) in [4.78, 5) is 41.9. The summed E-state index contributed by atoms with van der Waals surface area (Å²) >= 11 is 0. The number of aromatic hydroxyl groups is 1. The monoisotopic (exact) mass is 517 g/mol. The van der Waals surface area contributed by atoms with Gasteiger partial charge in [-0.15, -0.1) is 0 Å². The number of hydrogen-bond acceptors (Lipinski definition) is 8. The van der Waals surface area contributed by atoms with Gasteiger partial charge in [0.25, 0.3) is 17.5 Å². The Kier molecular flexibility index (Phi) is 4.21. The quantitative estimate of drug-likeness (QED) is 0.359. The van der Waals surface area contributed by atoms with Crippen molar-refractivity contribution in [2.45, 2.75) is 67.7 Å². The molecule has 2 N–H and O–H groups in total. The number of nitrogens with zero attached hydrogens (tertiary/aromatic N) is 3. The molecule has 5 atom stereocenters. The van der Waals surface area contributed by atoms with E-state index in [0.29, 0.717) is 37.4 Å². The van der Waals surface area contributed by atoms with Crippen LogP contribution in [0, 0.1) is 16.0 Å². The summed E-state index contributed by atoms with van der Waals surface area (Å²) in [6, 6.07) is 6.75. The second-order valence-corrected chi connectivity index (χ2v) is 11.8. The van der Waals surface area contributed by atoms with Crippen LogP contribution in [0.4, 0.5) is 5.69 Å². The van der Waals surface area contributed by atoms with E-state index in [0.717, 1.165) is 29.1 Å². The molecule has 10 nitrogen and oxygen atoms in total. The lowest BCUT2D eigenvalue weighted by Crippen LogP contribution is -2.78. The van der Waals surface area contributed by atoms with Crippen LogP contribution in [0.15, 0.2) is 30.3 Å². The van der Waals surface area contributed by atoms with Crippen LogP contribution in [-0.4, -0.2) is 73.6 Å². The van der Waals surface area contributed by atoms with E-state index in [1.54, 1.807) is 6.07 Å². The normalized spacial score (nSPS) is 34.7. The standard InChI is InChI=1S/C28H27N3O7/c32-19-7-6-15-12-20-28(35)9-8-18(30-25(33)16-2-1-3-17(31(36)37)21(16)26(30)34)24-27(28,22(15)23(19)38-24)10-11-29(20)13-14-4-5-14/h1-3,6-7,14,18,20,24,32,35H,4-5,8-13H2/t18?,20-,24?,27+,28-/m1/s1. The summed E-state index contributed by atoms with van der Waals surface area (Å²) in [5, 5.41) is 35.1. The number of hydrogen-bond donors (Lipinski definition) is 2. The second kappa shape index (κ2) is 7.12. The Morgan fingerprint density at radius 2 is 1.92 bits per heavy atom. The van der Waals surface area contributed by atoms with Crippen molar-refractivity contribution in [3.8, 4) is 11.5 Å². The van der Waals surface area contributed by atoms with E-state index in [2.05, 4.69) is 4.90 Å². The van der Waals surface area contributed by atoms with Crippen molar-refractivity contribution in [1.82, 2.24) is 9.80 Å². The summed E-state index contributed by atoms with van der Waals surface area (Å²) in [6.45, 7) is 1.69. The van der Waals surface area contributed by atoms with Gasteiger partial charge in [-0.05, 0) is 68.7 Å². The van der Waals surface area contributed by atoms with Crippen molar-refractivity contribution >= 4 is 17.5 Å². The van der Waals surface area contributed by atoms with E-state index in [4.69, 9.17) is 4.74 Å². The molecule has 38 heavy (non-hydrogen) atoms. The van der Waals surface area contributed by atoms with Gasteiger partial charge in [0.05, 0.1) is 27.5 Å². The maximum absolute atomic E-state index is 13.7. The summed E-state index contributed by atoms with van der Waals surface area (Å²) in [6.07, 6.45) is 3.53. The Labute approximate surface area is 217 Å². The van der Waals surface area contributed by atoms with Crippen LogP contribution in [0.3, 0.4) is 0 Å². The number of likely N-dealkylation sites (tertiary alicyclic amines) is 1. The molecule has 2 aromatic carbocycles. The highest BCUT2D eigenvalue weighted by Crippen LogP contribution is 2.66. The Morgan fingerprint density at radius 1 is 1.11 bits per heavy atom. The minimum absolute atomic E-state index is 0.0161. The largest absolute Gasteiger partial charge is 0.504 e. The minimum atomic E-state index is -1.15. The van der Waals surface area contributed by atoms with E-state index in [9.17, 15) is 29.9 Å². The summed E-state index contributed by atoms with van der Waals surface area (Å²) < 4.78 is 6.49. The van der Waals surface area contributed by atoms with Gasteiger partial charge in [0, 0.05) is 24.2 Å². The summed E-state index contributed by atoms with van der Waals surface area (Å²) in [7, 11) is 0. The molecule has 2 unspecified atom stereocenters. The number of imide groups is 1. The molecule has 3 heterocycles. The van der Waals surface area contributed by atoms with Crippen LogP contribution in [0.25, 0.3) is 0 Å². The van der Waals surface area contributed by atoms with E-state index < -0.39 is 45.6 Å². The van der Waals surface area contributed by atoms with Crippen LogP contribution in [0.1, 0.15) is 63.9 Å². The van der Waals surface area contributed by atoms with Crippen molar-refractivity contribution in [2.75, 3.05) is 13.1 Å². The van der Waals surface area contributed by atoms with Crippen molar-refractivity contribution < 1.29 is 29.5 Å². The van der Waals surface area contributed by atoms with E-state index in [1.165, 1.54) is 31.0 Å². The van der Waals surface area contributed by atoms with Crippen LogP contribution >= 0.6 is 0 Å². The van der Waals surface area contributed by atoms with E-state index in [-0.39, 0.29) is 22.9 Å². The van der Waals surface area contributed by atoms with Gasteiger partial charge >= 0.3 is 0 Å². The highest BCUT2D eigenvalue weighted by Gasteiger charge is 2.74. The highest BCUT2D eigenvalue weighted by molar-refractivity contribution is 6.23. The van der Waals surface area contributed by atoms with E-state index in [1.807, 2.05) is 6.07 Å². The second-order valence-electron chi connectivity index (χ2n) is 11.8. The average Bonchev–Trinajstić information content (AvgIpc) is 3.58. The first-order valence-corrected chi connectivity index (χ1v) is 13.4. The lowest BCUT2D eigenvalue weighted by Gasteiger charge is -2.64. The first-order valence-electron chi connectivity index (χ1n) is 13.4. The molecular formula is C28H27N3O7. The molecule has 3 fully saturated rings. The third kappa shape index (κ3) is 2.50. The van der Waals surface area contributed by atoms with Crippen LogP contribution < -0.4 is 4.74 Å². The number of amides is 2. The fourth-order valence-corrected chi connectivity index (χ4v) is 8.46. The molecule has 8 rings (SSSR count). The molecular weight excluding hydrogens is 490 g/mol.